The van der Waals surface area contributed by atoms with Gasteiger partial charge in [-0.2, -0.15) is 0 Å². The van der Waals surface area contributed by atoms with E-state index in [1.165, 1.54) is 6.42 Å². The number of rotatable bonds is 5. The largest absolute Gasteiger partial charge is 0.448 e. The molecule has 1 N–H and O–H groups in total. The number of hydrogen-bond donors (Lipinski definition) is 1. The third-order valence-electron chi connectivity index (χ3n) is 6.85. The lowest BCUT2D eigenvalue weighted by Gasteiger charge is -2.31. The second kappa shape index (κ2) is 6.00. The van der Waals surface area contributed by atoms with Gasteiger partial charge in [-0.05, 0) is 49.4 Å². The molecule has 5 rings (SSSR count). The SMILES string of the molecule is O=C(NC[C@H]1[C@H]2CN(Cc3ccc(Cl)o3)C[C@]23CC[C@H]1O3)C1CCC1. The Morgan fingerprint density at radius 1 is 1.36 bits per heavy atom. The number of halogens is 1. The molecule has 2 bridgehead atoms. The van der Waals surface area contributed by atoms with E-state index in [-0.39, 0.29) is 17.4 Å². The van der Waals surface area contributed by atoms with Crippen molar-refractivity contribution in [3.63, 3.8) is 0 Å². The van der Waals surface area contributed by atoms with Gasteiger partial charge in [0.25, 0.3) is 0 Å². The minimum atomic E-state index is -0.00703. The Kier molecular flexibility index (Phi) is 3.88. The number of carbonyl (C=O) groups excluding carboxylic acids is 1. The van der Waals surface area contributed by atoms with Crippen LogP contribution in [0.2, 0.25) is 5.22 Å². The normalized spacial score (nSPS) is 37.2. The molecule has 0 unspecified atom stereocenters. The van der Waals surface area contributed by atoms with Crippen LogP contribution in [0.1, 0.15) is 37.9 Å². The van der Waals surface area contributed by atoms with Crippen molar-refractivity contribution >= 4 is 17.5 Å². The standard InChI is InChI=1S/C19H25ClN2O3/c20-17-5-4-13(24-17)9-22-10-15-14(8-21-18(23)12-2-1-3-12)16-6-7-19(15,11-22)25-16/h4-5,12,14-16H,1-3,6-11H2,(H,21,23)/t14-,15+,16+,19+/m0/s1. The molecule has 6 heteroatoms. The van der Waals surface area contributed by atoms with Crippen molar-refractivity contribution in [2.45, 2.75) is 50.4 Å². The number of likely N-dealkylation sites (tertiary alicyclic amines) is 1. The molecular weight excluding hydrogens is 340 g/mol. The van der Waals surface area contributed by atoms with Crippen LogP contribution in [-0.4, -0.2) is 42.1 Å². The number of furan rings is 1. The van der Waals surface area contributed by atoms with Gasteiger partial charge in [0.1, 0.15) is 5.76 Å². The third-order valence-corrected chi connectivity index (χ3v) is 7.05. The number of amides is 1. The second-order valence-corrected chi connectivity index (χ2v) is 8.65. The van der Waals surface area contributed by atoms with Gasteiger partial charge < -0.3 is 14.5 Å². The minimum absolute atomic E-state index is 0.00703. The first kappa shape index (κ1) is 16.2. The molecule has 25 heavy (non-hydrogen) atoms. The summed E-state index contributed by atoms with van der Waals surface area (Å²) < 4.78 is 12.0. The predicted molar refractivity (Wildman–Crippen MR) is 93.2 cm³/mol. The van der Waals surface area contributed by atoms with Crippen LogP contribution in [0.4, 0.5) is 0 Å². The van der Waals surface area contributed by atoms with E-state index in [4.69, 9.17) is 20.8 Å². The van der Waals surface area contributed by atoms with E-state index in [0.717, 1.165) is 57.6 Å². The summed E-state index contributed by atoms with van der Waals surface area (Å²) in [6, 6.07) is 3.75. The number of nitrogens with one attached hydrogen (secondary N) is 1. The Bertz CT molecular complexity index is 673. The number of ether oxygens (including phenoxy) is 1. The van der Waals surface area contributed by atoms with Gasteiger partial charge in [-0.15, -0.1) is 0 Å². The highest BCUT2D eigenvalue weighted by Gasteiger charge is 2.62. The maximum Gasteiger partial charge on any atom is 0.223 e. The van der Waals surface area contributed by atoms with Crippen molar-refractivity contribution in [1.29, 1.82) is 0 Å². The summed E-state index contributed by atoms with van der Waals surface area (Å²) >= 11 is 5.89. The molecule has 4 heterocycles. The summed E-state index contributed by atoms with van der Waals surface area (Å²) in [4.78, 5) is 14.6. The maximum absolute atomic E-state index is 12.2. The van der Waals surface area contributed by atoms with Crippen LogP contribution < -0.4 is 5.32 Å². The van der Waals surface area contributed by atoms with E-state index in [1.807, 2.05) is 6.07 Å². The van der Waals surface area contributed by atoms with E-state index < -0.39 is 0 Å². The molecular formula is C19H25ClN2O3. The Hall–Kier alpha value is -1.04. The summed E-state index contributed by atoms with van der Waals surface area (Å²) in [5.41, 5.74) is -0.00703. The van der Waals surface area contributed by atoms with Crippen molar-refractivity contribution in [3.05, 3.63) is 23.1 Å². The van der Waals surface area contributed by atoms with E-state index in [0.29, 0.717) is 23.2 Å². The monoisotopic (exact) mass is 364 g/mol. The van der Waals surface area contributed by atoms with Gasteiger partial charge in [0.2, 0.25) is 5.91 Å². The zero-order valence-corrected chi connectivity index (χ0v) is 15.1. The molecule has 1 aromatic rings. The van der Waals surface area contributed by atoms with Crippen molar-refractivity contribution in [2.75, 3.05) is 19.6 Å². The van der Waals surface area contributed by atoms with Crippen LogP contribution in [0.3, 0.4) is 0 Å². The molecule has 1 aromatic heterocycles. The minimum Gasteiger partial charge on any atom is -0.448 e. The van der Waals surface area contributed by atoms with Crippen molar-refractivity contribution in [1.82, 2.24) is 10.2 Å². The van der Waals surface area contributed by atoms with E-state index in [2.05, 4.69) is 10.2 Å². The topological polar surface area (TPSA) is 54.7 Å². The molecule has 136 valence electrons. The first-order valence-corrected chi connectivity index (χ1v) is 9.93. The molecule has 0 aromatic carbocycles. The van der Waals surface area contributed by atoms with E-state index in [1.54, 1.807) is 6.07 Å². The van der Waals surface area contributed by atoms with Gasteiger partial charge in [-0.25, -0.2) is 0 Å². The Balaban J connectivity index is 1.23. The molecule has 5 nitrogen and oxygen atoms in total. The molecule has 4 aliphatic rings. The zero-order valence-electron chi connectivity index (χ0n) is 14.4. The number of carbonyl (C=O) groups is 1. The van der Waals surface area contributed by atoms with Crippen molar-refractivity contribution in [2.24, 2.45) is 17.8 Å². The van der Waals surface area contributed by atoms with Crippen LogP contribution in [0.15, 0.2) is 16.5 Å². The lowest BCUT2D eigenvalue weighted by atomic mass is 9.73. The highest BCUT2D eigenvalue weighted by molar-refractivity contribution is 6.28. The van der Waals surface area contributed by atoms with Gasteiger partial charge in [-0.1, -0.05) is 6.42 Å². The number of nitrogens with zero attached hydrogens (tertiary/aromatic N) is 1. The van der Waals surface area contributed by atoms with Crippen LogP contribution in [0, 0.1) is 17.8 Å². The fourth-order valence-electron chi connectivity index (χ4n) is 5.37. The van der Waals surface area contributed by atoms with E-state index >= 15 is 0 Å². The first-order chi connectivity index (χ1) is 12.1. The molecule has 0 radical (unpaired) electrons. The van der Waals surface area contributed by atoms with Gasteiger partial charge in [0.15, 0.2) is 5.22 Å². The van der Waals surface area contributed by atoms with E-state index in [9.17, 15) is 4.79 Å². The van der Waals surface area contributed by atoms with Crippen molar-refractivity contribution in [3.8, 4) is 0 Å². The molecule has 4 atom stereocenters. The highest BCUT2D eigenvalue weighted by Crippen LogP contribution is 2.54. The summed E-state index contributed by atoms with van der Waals surface area (Å²) in [5.74, 6) is 2.38. The first-order valence-electron chi connectivity index (χ1n) is 9.55. The Morgan fingerprint density at radius 2 is 2.24 bits per heavy atom. The fraction of sp³-hybridized carbons (Fsp3) is 0.737. The summed E-state index contributed by atoms with van der Waals surface area (Å²) in [6.07, 6.45) is 5.91. The zero-order chi connectivity index (χ0) is 17.0. The Morgan fingerprint density at radius 3 is 2.96 bits per heavy atom. The molecule has 1 aliphatic carbocycles. The quantitative estimate of drug-likeness (QED) is 0.872. The third kappa shape index (κ3) is 2.71. The maximum atomic E-state index is 12.2. The van der Waals surface area contributed by atoms with Crippen LogP contribution in [0.5, 0.6) is 0 Å². The molecule has 4 fully saturated rings. The Labute approximate surface area is 153 Å². The van der Waals surface area contributed by atoms with Gasteiger partial charge in [0.05, 0.1) is 18.2 Å². The fourth-order valence-corrected chi connectivity index (χ4v) is 5.53. The van der Waals surface area contributed by atoms with Gasteiger partial charge in [0, 0.05) is 37.4 Å². The molecule has 1 spiro atoms. The second-order valence-electron chi connectivity index (χ2n) is 8.28. The lowest BCUT2D eigenvalue weighted by Crippen LogP contribution is -2.44. The van der Waals surface area contributed by atoms with Crippen LogP contribution in [0.25, 0.3) is 0 Å². The van der Waals surface area contributed by atoms with Crippen molar-refractivity contribution < 1.29 is 13.9 Å². The smallest absolute Gasteiger partial charge is 0.223 e. The van der Waals surface area contributed by atoms with Crippen LogP contribution >= 0.6 is 11.6 Å². The molecule has 3 aliphatic heterocycles. The molecule has 1 amide bonds. The van der Waals surface area contributed by atoms with Gasteiger partial charge >= 0.3 is 0 Å². The number of hydrogen-bond acceptors (Lipinski definition) is 4. The number of fused-ring (bicyclic) bond motifs is 1. The van der Waals surface area contributed by atoms with Gasteiger partial charge in [-0.3, -0.25) is 9.69 Å². The molecule has 1 saturated carbocycles. The average Bonchev–Trinajstić information content (AvgIpc) is 3.24. The predicted octanol–water partition coefficient (Wildman–Crippen LogP) is 2.83. The average molecular weight is 365 g/mol. The summed E-state index contributed by atoms with van der Waals surface area (Å²) in [7, 11) is 0. The summed E-state index contributed by atoms with van der Waals surface area (Å²) in [6.45, 7) is 3.52. The molecule has 3 saturated heterocycles. The lowest BCUT2D eigenvalue weighted by molar-refractivity contribution is -0.127. The van der Waals surface area contributed by atoms with Crippen LogP contribution in [-0.2, 0) is 16.1 Å². The highest BCUT2D eigenvalue weighted by atomic mass is 35.5. The summed E-state index contributed by atoms with van der Waals surface area (Å²) in [5, 5.41) is 3.66.